The Morgan fingerprint density at radius 3 is 2.78 bits per heavy atom. The molecule has 2 aliphatic rings. The molecule has 18 heavy (non-hydrogen) atoms. The molecule has 1 fully saturated rings. The highest BCUT2D eigenvalue weighted by molar-refractivity contribution is 5.73. The lowest BCUT2D eigenvalue weighted by atomic mass is 9.78. The number of para-hydroxylation sites is 1. The second-order valence-electron chi connectivity index (χ2n) is 5.37. The number of carboxylic acid groups (broad SMARTS) is 1. The minimum Gasteiger partial charge on any atom is -0.481 e. The van der Waals surface area contributed by atoms with E-state index in [0.29, 0.717) is 0 Å². The third-order valence-corrected chi connectivity index (χ3v) is 4.35. The van der Waals surface area contributed by atoms with Gasteiger partial charge in [-0.05, 0) is 43.7 Å². The topological polar surface area (TPSA) is 40.5 Å². The van der Waals surface area contributed by atoms with E-state index in [1.54, 1.807) is 0 Å². The lowest BCUT2D eigenvalue weighted by molar-refractivity contribution is -0.145. The van der Waals surface area contributed by atoms with E-state index in [1.165, 1.54) is 17.7 Å². The van der Waals surface area contributed by atoms with Crippen LogP contribution in [-0.4, -0.2) is 23.7 Å². The van der Waals surface area contributed by atoms with Crippen LogP contribution >= 0.6 is 0 Å². The van der Waals surface area contributed by atoms with Crippen LogP contribution in [0.3, 0.4) is 0 Å². The lowest BCUT2D eigenvalue weighted by Crippen LogP contribution is -2.50. The van der Waals surface area contributed by atoms with Gasteiger partial charge < -0.3 is 10.0 Å². The van der Waals surface area contributed by atoms with Gasteiger partial charge in [-0.15, -0.1) is 0 Å². The van der Waals surface area contributed by atoms with Gasteiger partial charge in [0.2, 0.25) is 0 Å². The molecule has 0 aromatic heterocycles. The molecule has 2 unspecified atom stereocenters. The molecule has 0 saturated heterocycles. The molecule has 1 aliphatic heterocycles. The van der Waals surface area contributed by atoms with Gasteiger partial charge in [0, 0.05) is 18.3 Å². The van der Waals surface area contributed by atoms with Crippen LogP contribution in [0.25, 0.3) is 0 Å². The molecule has 1 heterocycles. The van der Waals surface area contributed by atoms with Gasteiger partial charge in [-0.3, -0.25) is 4.79 Å². The van der Waals surface area contributed by atoms with Gasteiger partial charge in [0.1, 0.15) is 0 Å². The summed E-state index contributed by atoms with van der Waals surface area (Å²) in [5, 5.41) is 9.23. The molecule has 1 N–H and O–H groups in total. The first-order valence-electron chi connectivity index (χ1n) is 6.85. The van der Waals surface area contributed by atoms with Crippen LogP contribution in [0.15, 0.2) is 24.3 Å². The Morgan fingerprint density at radius 2 is 2.06 bits per heavy atom. The third kappa shape index (κ3) is 1.88. The van der Waals surface area contributed by atoms with Crippen LogP contribution in [0, 0.1) is 5.92 Å². The number of fused-ring (bicyclic) bond motifs is 1. The lowest BCUT2D eigenvalue weighted by Gasteiger charge is -2.43. The Kier molecular flexibility index (Phi) is 2.98. The molecule has 0 bridgehead atoms. The summed E-state index contributed by atoms with van der Waals surface area (Å²) in [6, 6.07) is 8.69. The number of carboxylic acids is 1. The van der Waals surface area contributed by atoms with E-state index in [1.807, 2.05) is 0 Å². The van der Waals surface area contributed by atoms with Gasteiger partial charge in [-0.2, -0.15) is 0 Å². The van der Waals surface area contributed by atoms with E-state index in [4.69, 9.17) is 0 Å². The number of hydrogen-bond acceptors (Lipinski definition) is 2. The zero-order valence-electron chi connectivity index (χ0n) is 10.5. The highest BCUT2D eigenvalue weighted by atomic mass is 16.4. The highest BCUT2D eigenvalue weighted by Crippen LogP contribution is 2.38. The number of anilines is 1. The predicted octanol–water partition coefficient (Wildman–Crippen LogP) is 2.69. The van der Waals surface area contributed by atoms with Crippen LogP contribution in [0.2, 0.25) is 0 Å². The Morgan fingerprint density at radius 1 is 1.22 bits per heavy atom. The summed E-state index contributed by atoms with van der Waals surface area (Å²) in [5.41, 5.74) is 2.65. The fraction of sp³-hybridized carbons (Fsp3) is 0.533. The molecule has 0 radical (unpaired) electrons. The Hall–Kier alpha value is -1.51. The molecule has 1 aromatic carbocycles. The molecule has 1 aliphatic carbocycles. The summed E-state index contributed by atoms with van der Waals surface area (Å²) in [5.74, 6) is -0.802. The average molecular weight is 245 g/mol. The first kappa shape index (κ1) is 11.6. The van der Waals surface area contributed by atoms with Gasteiger partial charge in [0.15, 0.2) is 0 Å². The van der Waals surface area contributed by atoms with Crippen molar-refractivity contribution in [2.75, 3.05) is 11.4 Å². The summed E-state index contributed by atoms with van der Waals surface area (Å²) in [4.78, 5) is 13.6. The van der Waals surface area contributed by atoms with E-state index in [9.17, 15) is 9.90 Å². The van der Waals surface area contributed by atoms with Crippen molar-refractivity contribution in [3.05, 3.63) is 29.8 Å². The highest BCUT2D eigenvalue weighted by Gasteiger charge is 2.41. The van der Waals surface area contributed by atoms with Crippen LogP contribution < -0.4 is 4.90 Å². The molecule has 0 spiro atoms. The Bertz CT molecular complexity index is 458. The maximum absolute atomic E-state index is 11.2. The summed E-state index contributed by atoms with van der Waals surface area (Å²) < 4.78 is 0. The molecule has 3 nitrogen and oxygen atoms in total. The Labute approximate surface area is 107 Å². The summed E-state index contributed by atoms with van der Waals surface area (Å²) >= 11 is 0. The van der Waals surface area contributed by atoms with Gasteiger partial charge in [-0.1, -0.05) is 18.2 Å². The number of aryl methyl sites for hydroxylation is 1. The van der Waals surface area contributed by atoms with Crippen molar-refractivity contribution in [2.24, 2.45) is 5.92 Å². The van der Waals surface area contributed by atoms with Crippen molar-refractivity contribution in [1.29, 1.82) is 0 Å². The second-order valence-corrected chi connectivity index (χ2v) is 5.37. The molecule has 1 aromatic rings. The van der Waals surface area contributed by atoms with E-state index in [0.717, 1.165) is 32.2 Å². The van der Waals surface area contributed by atoms with Crippen LogP contribution in [0.1, 0.15) is 31.2 Å². The van der Waals surface area contributed by atoms with E-state index < -0.39 is 5.97 Å². The van der Waals surface area contributed by atoms with Crippen molar-refractivity contribution in [1.82, 2.24) is 0 Å². The minimum atomic E-state index is -0.632. The monoisotopic (exact) mass is 245 g/mol. The molecule has 1 saturated carbocycles. The number of aliphatic carboxylic acids is 1. The SMILES string of the molecule is O=C(O)C1CCC1N1CCCCc2ccccc21. The quantitative estimate of drug-likeness (QED) is 0.871. The smallest absolute Gasteiger partial charge is 0.308 e. The first-order valence-corrected chi connectivity index (χ1v) is 6.85. The van der Waals surface area contributed by atoms with E-state index >= 15 is 0 Å². The van der Waals surface area contributed by atoms with Gasteiger partial charge in [-0.25, -0.2) is 0 Å². The first-order chi connectivity index (χ1) is 8.77. The van der Waals surface area contributed by atoms with Crippen LogP contribution in [-0.2, 0) is 11.2 Å². The maximum Gasteiger partial charge on any atom is 0.308 e. The standard InChI is InChI=1S/C15H19NO2/c17-15(18)12-8-9-14(12)16-10-4-3-6-11-5-1-2-7-13(11)16/h1-2,5,7,12,14H,3-4,6,8-10H2,(H,17,18). The largest absolute Gasteiger partial charge is 0.481 e. The fourth-order valence-electron chi connectivity index (χ4n) is 3.21. The summed E-state index contributed by atoms with van der Waals surface area (Å²) in [6.45, 7) is 1.01. The van der Waals surface area contributed by atoms with Crippen molar-refractivity contribution >= 4 is 11.7 Å². The molecular weight excluding hydrogens is 226 g/mol. The van der Waals surface area contributed by atoms with E-state index in [-0.39, 0.29) is 12.0 Å². The zero-order chi connectivity index (χ0) is 12.5. The molecule has 0 amide bonds. The van der Waals surface area contributed by atoms with Crippen molar-refractivity contribution in [3.63, 3.8) is 0 Å². The number of hydrogen-bond donors (Lipinski definition) is 1. The molecule has 3 rings (SSSR count). The molecule has 96 valence electrons. The zero-order valence-corrected chi connectivity index (χ0v) is 10.5. The number of carbonyl (C=O) groups is 1. The van der Waals surface area contributed by atoms with Gasteiger partial charge in [0.25, 0.3) is 0 Å². The summed E-state index contributed by atoms with van der Waals surface area (Å²) in [6.07, 6.45) is 5.34. The van der Waals surface area contributed by atoms with Crippen molar-refractivity contribution in [3.8, 4) is 0 Å². The average Bonchev–Trinajstić information content (AvgIpc) is 2.50. The van der Waals surface area contributed by atoms with E-state index in [2.05, 4.69) is 29.2 Å². The number of benzene rings is 1. The minimum absolute atomic E-state index is 0.170. The number of nitrogens with zero attached hydrogens (tertiary/aromatic N) is 1. The molecular formula is C15H19NO2. The predicted molar refractivity (Wildman–Crippen MR) is 70.9 cm³/mol. The van der Waals surface area contributed by atoms with Crippen molar-refractivity contribution < 1.29 is 9.90 Å². The maximum atomic E-state index is 11.2. The van der Waals surface area contributed by atoms with Crippen LogP contribution in [0.4, 0.5) is 5.69 Å². The Balaban J connectivity index is 1.90. The normalized spacial score (nSPS) is 27.0. The third-order valence-electron chi connectivity index (χ3n) is 4.35. The molecule has 3 heteroatoms. The number of rotatable bonds is 2. The van der Waals surface area contributed by atoms with Gasteiger partial charge in [0.05, 0.1) is 5.92 Å². The summed E-state index contributed by atoms with van der Waals surface area (Å²) in [7, 11) is 0. The second kappa shape index (κ2) is 4.63. The molecule has 2 atom stereocenters. The van der Waals surface area contributed by atoms with Crippen molar-refractivity contribution in [2.45, 2.75) is 38.1 Å². The van der Waals surface area contributed by atoms with Gasteiger partial charge >= 0.3 is 5.97 Å². The van der Waals surface area contributed by atoms with Crippen LogP contribution in [0.5, 0.6) is 0 Å². The fourth-order valence-corrected chi connectivity index (χ4v) is 3.21.